The van der Waals surface area contributed by atoms with Crippen LogP contribution in [0.4, 0.5) is 0 Å². The number of hydrogen-bond donors (Lipinski definition) is 1. The number of nitrogens with zero attached hydrogens (tertiary/aromatic N) is 2. The molecule has 0 spiro atoms. The van der Waals surface area contributed by atoms with Crippen molar-refractivity contribution in [2.75, 3.05) is 13.1 Å². The van der Waals surface area contributed by atoms with E-state index >= 15 is 0 Å². The third-order valence-electron chi connectivity index (χ3n) is 2.68. The van der Waals surface area contributed by atoms with Gasteiger partial charge in [-0.1, -0.05) is 0 Å². The first-order valence-electron chi connectivity index (χ1n) is 4.97. The predicted molar refractivity (Wildman–Crippen MR) is 61.0 cm³/mol. The van der Waals surface area contributed by atoms with Crippen LogP contribution in [0.25, 0.3) is 0 Å². The van der Waals surface area contributed by atoms with Crippen LogP contribution in [-0.4, -0.2) is 18.1 Å². The molecule has 2 rings (SSSR count). The zero-order valence-electron chi connectivity index (χ0n) is 8.44. The summed E-state index contributed by atoms with van der Waals surface area (Å²) in [4.78, 5) is 4.32. The molecule has 80 valence electrons. The Morgan fingerprint density at radius 3 is 2.80 bits per heavy atom. The Labute approximate surface area is 95.9 Å². The molecule has 0 unspecified atom stereocenters. The zero-order chi connectivity index (χ0) is 9.80. The molecule has 1 aromatic heterocycles. The Balaban J connectivity index is 0.00000112. The van der Waals surface area contributed by atoms with Crippen LogP contribution >= 0.6 is 12.4 Å². The normalized spacial score (nSPS) is 16.5. The third kappa shape index (κ3) is 2.68. The van der Waals surface area contributed by atoms with Gasteiger partial charge in [0, 0.05) is 12.1 Å². The number of halogens is 1. The molecule has 1 N–H and O–H groups in total. The highest BCUT2D eigenvalue weighted by Gasteiger charge is 2.18. The molecule has 0 radical (unpaired) electrons. The minimum atomic E-state index is 0. The molecule has 0 amide bonds. The van der Waals surface area contributed by atoms with Gasteiger partial charge in [0.2, 0.25) is 0 Å². The standard InChI is InChI=1S/C11H13N3.ClH/c12-8-10-2-1-5-14-11(10)9-3-6-13-7-4-9;/h1-2,5,9,13H,3-4,6-7H2;1H. The van der Waals surface area contributed by atoms with Crippen LogP contribution in [0.1, 0.15) is 30.0 Å². The first-order chi connectivity index (χ1) is 6.92. The first-order valence-corrected chi connectivity index (χ1v) is 4.97. The van der Waals surface area contributed by atoms with Gasteiger partial charge < -0.3 is 5.32 Å². The van der Waals surface area contributed by atoms with Gasteiger partial charge in [-0.05, 0) is 38.1 Å². The average Bonchev–Trinajstić information content (AvgIpc) is 2.30. The maximum atomic E-state index is 8.94. The molecule has 1 aliphatic rings. The summed E-state index contributed by atoms with van der Waals surface area (Å²) in [7, 11) is 0. The number of hydrogen-bond acceptors (Lipinski definition) is 3. The molecule has 1 aromatic rings. The molecular weight excluding hydrogens is 210 g/mol. The number of aromatic nitrogens is 1. The summed E-state index contributed by atoms with van der Waals surface area (Å²) in [5, 5.41) is 12.3. The van der Waals surface area contributed by atoms with Gasteiger partial charge in [0.05, 0.1) is 11.3 Å². The van der Waals surface area contributed by atoms with Gasteiger partial charge in [-0.2, -0.15) is 5.26 Å². The van der Waals surface area contributed by atoms with Crippen molar-refractivity contribution in [3.8, 4) is 6.07 Å². The lowest BCUT2D eigenvalue weighted by Gasteiger charge is -2.22. The largest absolute Gasteiger partial charge is 0.317 e. The van der Waals surface area contributed by atoms with Gasteiger partial charge in [-0.3, -0.25) is 4.98 Å². The quantitative estimate of drug-likeness (QED) is 0.791. The van der Waals surface area contributed by atoms with Crippen LogP contribution in [0, 0.1) is 11.3 Å². The molecule has 0 aromatic carbocycles. The maximum Gasteiger partial charge on any atom is 0.101 e. The van der Waals surface area contributed by atoms with E-state index in [4.69, 9.17) is 5.26 Å². The second-order valence-corrected chi connectivity index (χ2v) is 3.57. The second kappa shape index (κ2) is 5.69. The molecule has 1 aliphatic heterocycles. The number of pyridine rings is 1. The number of nitrogens with one attached hydrogen (secondary N) is 1. The monoisotopic (exact) mass is 223 g/mol. The van der Waals surface area contributed by atoms with Crippen molar-refractivity contribution < 1.29 is 0 Å². The van der Waals surface area contributed by atoms with Crippen LogP contribution in [0.5, 0.6) is 0 Å². The first kappa shape index (κ1) is 12.0. The maximum absolute atomic E-state index is 8.94. The smallest absolute Gasteiger partial charge is 0.101 e. The Kier molecular flexibility index (Phi) is 4.54. The minimum absolute atomic E-state index is 0. The highest BCUT2D eigenvalue weighted by Crippen LogP contribution is 2.25. The van der Waals surface area contributed by atoms with E-state index in [-0.39, 0.29) is 12.4 Å². The van der Waals surface area contributed by atoms with E-state index in [0.29, 0.717) is 5.92 Å². The van der Waals surface area contributed by atoms with Crippen molar-refractivity contribution in [2.45, 2.75) is 18.8 Å². The van der Waals surface area contributed by atoms with Crippen molar-refractivity contribution in [3.05, 3.63) is 29.6 Å². The van der Waals surface area contributed by atoms with Gasteiger partial charge >= 0.3 is 0 Å². The molecule has 1 saturated heterocycles. The van der Waals surface area contributed by atoms with Gasteiger partial charge in [0.15, 0.2) is 0 Å². The van der Waals surface area contributed by atoms with Crippen LogP contribution in [0.15, 0.2) is 18.3 Å². The number of nitriles is 1. The van der Waals surface area contributed by atoms with Gasteiger partial charge in [-0.15, -0.1) is 12.4 Å². The van der Waals surface area contributed by atoms with Gasteiger partial charge in [0.25, 0.3) is 0 Å². The van der Waals surface area contributed by atoms with Gasteiger partial charge in [-0.25, -0.2) is 0 Å². The lowest BCUT2D eigenvalue weighted by atomic mass is 9.91. The Morgan fingerprint density at radius 1 is 1.40 bits per heavy atom. The van der Waals surface area contributed by atoms with E-state index in [1.54, 1.807) is 6.20 Å². The SMILES string of the molecule is Cl.N#Cc1cccnc1C1CCNCC1. The molecule has 0 bridgehead atoms. The summed E-state index contributed by atoms with van der Waals surface area (Å²) in [5.74, 6) is 0.465. The summed E-state index contributed by atoms with van der Waals surface area (Å²) in [6.45, 7) is 2.07. The van der Waals surface area contributed by atoms with Crippen LogP contribution < -0.4 is 5.32 Å². The van der Waals surface area contributed by atoms with E-state index in [1.807, 2.05) is 12.1 Å². The molecule has 3 nitrogen and oxygen atoms in total. The van der Waals surface area contributed by atoms with Gasteiger partial charge in [0.1, 0.15) is 6.07 Å². The molecular formula is C11H14ClN3. The van der Waals surface area contributed by atoms with E-state index in [2.05, 4.69) is 16.4 Å². The number of rotatable bonds is 1. The molecule has 0 aliphatic carbocycles. The molecule has 0 atom stereocenters. The number of piperidine rings is 1. The highest BCUT2D eigenvalue weighted by molar-refractivity contribution is 5.85. The Morgan fingerprint density at radius 2 is 2.13 bits per heavy atom. The Hall–Kier alpha value is -1.11. The van der Waals surface area contributed by atoms with Crippen molar-refractivity contribution in [3.63, 3.8) is 0 Å². The van der Waals surface area contributed by atoms with E-state index in [1.165, 1.54) is 0 Å². The zero-order valence-corrected chi connectivity index (χ0v) is 9.26. The van der Waals surface area contributed by atoms with Crippen LogP contribution in [0.2, 0.25) is 0 Å². The fraction of sp³-hybridized carbons (Fsp3) is 0.455. The van der Waals surface area contributed by atoms with Crippen LogP contribution in [0.3, 0.4) is 0 Å². The highest BCUT2D eigenvalue weighted by atomic mass is 35.5. The van der Waals surface area contributed by atoms with Crippen LogP contribution in [-0.2, 0) is 0 Å². The molecule has 2 heterocycles. The molecule has 1 fully saturated rings. The summed E-state index contributed by atoms with van der Waals surface area (Å²) < 4.78 is 0. The van der Waals surface area contributed by atoms with Crippen molar-refractivity contribution in [1.29, 1.82) is 5.26 Å². The fourth-order valence-electron chi connectivity index (χ4n) is 1.93. The van der Waals surface area contributed by atoms with E-state index in [0.717, 1.165) is 37.2 Å². The van der Waals surface area contributed by atoms with E-state index < -0.39 is 0 Å². The third-order valence-corrected chi connectivity index (χ3v) is 2.68. The van der Waals surface area contributed by atoms with Crippen molar-refractivity contribution in [2.24, 2.45) is 0 Å². The second-order valence-electron chi connectivity index (χ2n) is 3.57. The fourth-order valence-corrected chi connectivity index (χ4v) is 1.93. The lowest BCUT2D eigenvalue weighted by molar-refractivity contribution is 0.452. The average molecular weight is 224 g/mol. The molecule has 0 saturated carbocycles. The summed E-state index contributed by atoms with van der Waals surface area (Å²) in [6, 6.07) is 5.88. The summed E-state index contributed by atoms with van der Waals surface area (Å²) >= 11 is 0. The van der Waals surface area contributed by atoms with Crippen molar-refractivity contribution >= 4 is 12.4 Å². The minimum Gasteiger partial charge on any atom is -0.317 e. The lowest BCUT2D eigenvalue weighted by Crippen LogP contribution is -2.27. The summed E-state index contributed by atoms with van der Waals surface area (Å²) in [6.07, 6.45) is 3.95. The summed E-state index contributed by atoms with van der Waals surface area (Å²) in [5.41, 5.74) is 1.72. The molecule has 15 heavy (non-hydrogen) atoms. The van der Waals surface area contributed by atoms with Crippen molar-refractivity contribution in [1.82, 2.24) is 10.3 Å². The molecule has 4 heteroatoms. The topological polar surface area (TPSA) is 48.7 Å². The van der Waals surface area contributed by atoms with E-state index in [9.17, 15) is 0 Å². The Bertz CT molecular complexity index is 353. The predicted octanol–water partition coefficient (Wildman–Crippen LogP) is 1.84.